The zero-order valence-corrected chi connectivity index (χ0v) is 15.2. The number of benzene rings is 1. The molecule has 2 unspecified atom stereocenters. The number of nitrogens with one attached hydrogen (secondary N) is 1. The lowest BCUT2D eigenvalue weighted by Gasteiger charge is -2.39. The Hall–Kier alpha value is -1.95. The van der Waals surface area contributed by atoms with Crippen LogP contribution in [0, 0.1) is 17.2 Å². The molecule has 1 aliphatic carbocycles. The highest BCUT2D eigenvalue weighted by molar-refractivity contribution is 5.84. The van der Waals surface area contributed by atoms with Crippen LogP contribution in [0.2, 0.25) is 0 Å². The van der Waals surface area contributed by atoms with Crippen molar-refractivity contribution in [3.63, 3.8) is 0 Å². The van der Waals surface area contributed by atoms with Gasteiger partial charge in [0, 0.05) is 25.4 Å². The summed E-state index contributed by atoms with van der Waals surface area (Å²) < 4.78 is 13.7. The standard InChI is InChI=1S/C20H27FN2O3/c1-23-17(25)8-7-16(18(23)14-5-4-6-15(21)11-14)19(26)22-12-20(13-24)9-2-3-10-20/h4-6,11,16,18,24H,2-3,7-10,12-13H2,1H3,(H,22,26). The Kier molecular flexibility index (Phi) is 5.61. The largest absolute Gasteiger partial charge is 0.396 e. The van der Waals surface area contributed by atoms with Crippen molar-refractivity contribution in [3.8, 4) is 0 Å². The molecule has 1 heterocycles. The molecule has 2 N–H and O–H groups in total. The lowest BCUT2D eigenvalue weighted by molar-refractivity contribution is -0.141. The second kappa shape index (κ2) is 7.74. The summed E-state index contributed by atoms with van der Waals surface area (Å²) in [5.41, 5.74) is 0.416. The molecule has 0 spiro atoms. The van der Waals surface area contributed by atoms with Gasteiger partial charge in [-0.25, -0.2) is 4.39 Å². The quantitative estimate of drug-likeness (QED) is 0.845. The summed E-state index contributed by atoms with van der Waals surface area (Å²) >= 11 is 0. The van der Waals surface area contributed by atoms with Crippen LogP contribution in [0.1, 0.15) is 50.1 Å². The number of likely N-dealkylation sites (tertiary alicyclic amines) is 1. The number of piperidine rings is 1. The second-order valence-electron chi connectivity index (χ2n) is 7.73. The topological polar surface area (TPSA) is 69.6 Å². The summed E-state index contributed by atoms with van der Waals surface area (Å²) in [5.74, 6) is -0.959. The predicted octanol–water partition coefficient (Wildman–Crippen LogP) is 2.40. The van der Waals surface area contributed by atoms with E-state index in [2.05, 4.69) is 5.32 Å². The SMILES string of the molecule is CN1C(=O)CCC(C(=O)NCC2(CO)CCCC2)C1c1cccc(F)c1. The number of halogens is 1. The third-order valence-electron chi connectivity index (χ3n) is 6.03. The van der Waals surface area contributed by atoms with Gasteiger partial charge in [-0.05, 0) is 37.0 Å². The average Bonchev–Trinajstić information content (AvgIpc) is 3.11. The van der Waals surface area contributed by atoms with Crippen LogP contribution in [0.3, 0.4) is 0 Å². The monoisotopic (exact) mass is 362 g/mol. The van der Waals surface area contributed by atoms with Crippen LogP contribution >= 0.6 is 0 Å². The molecule has 2 amide bonds. The number of aliphatic hydroxyl groups excluding tert-OH is 1. The van der Waals surface area contributed by atoms with E-state index in [1.807, 2.05) is 0 Å². The maximum atomic E-state index is 13.7. The van der Waals surface area contributed by atoms with Crippen molar-refractivity contribution < 1.29 is 19.1 Å². The van der Waals surface area contributed by atoms with Crippen molar-refractivity contribution in [2.45, 2.75) is 44.6 Å². The van der Waals surface area contributed by atoms with Gasteiger partial charge in [0.1, 0.15) is 5.82 Å². The van der Waals surface area contributed by atoms with Crippen LogP contribution in [-0.2, 0) is 9.59 Å². The number of hydrogen-bond donors (Lipinski definition) is 2. The van der Waals surface area contributed by atoms with Crippen LogP contribution in [0.4, 0.5) is 4.39 Å². The van der Waals surface area contributed by atoms with Crippen molar-refractivity contribution >= 4 is 11.8 Å². The minimum absolute atomic E-state index is 0.0362. The second-order valence-corrected chi connectivity index (χ2v) is 7.73. The Balaban J connectivity index is 1.77. The highest BCUT2D eigenvalue weighted by Crippen LogP contribution is 2.38. The van der Waals surface area contributed by atoms with Crippen LogP contribution in [0.25, 0.3) is 0 Å². The summed E-state index contributed by atoms with van der Waals surface area (Å²) in [6, 6.07) is 5.64. The molecule has 1 saturated heterocycles. The summed E-state index contributed by atoms with van der Waals surface area (Å²) in [7, 11) is 1.67. The van der Waals surface area contributed by atoms with Gasteiger partial charge >= 0.3 is 0 Å². The van der Waals surface area contributed by atoms with Gasteiger partial charge in [-0.3, -0.25) is 9.59 Å². The number of carbonyl (C=O) groups excluding carboxylic acids is 2. The third kappa shape index (κ3) is 3.75. The fourth-order valence-electron chi connectivity index (χ4n) is 4.38. The molecule has 0 bridgehead atoms. The van der Waals surface area contributed by atoms with Crippen LogP contribution in [-0.4, -0.2) is 42.0 Å². The molecule has 5 nitrogen and oxygen atoms in total. The Morgan fingerprint density at radius 1 is 1.38 bits per heavy atom. The van der Waals surface area contributed by atoms with Gasteiger partial charge in [-0.1, -0.05) is 25.0 Å². The molecule has 1 aliphatic heterocycles. The van der Waals surface area contributed by atoms with Crippen molar-refractivity contribution in [2.75, 3.05) is 20.2 Å². The van der Waals surface area contributed by atoms with Gasteiger partial charge < -0.3 is 15.3 Å². The molecule has 142 valence electrons. The minimum atomic E-state index is -0.472. The molecule has 1 saturated carbocycles. The molecule has 2 fully saturated rings. The lowest BCUT2D eigenvalue weighted by atomic mass is 9.83. The first-order valence-electron chi connectivity index (χ1n) is 9.35. The van der Waals surface area contributed by atoms with Gasteiger partial charge in [0.2, 0.25) is 11.8 Å². The highest BCUT2D eigenvalue weighted by atomic mass is 19.1. The molecular formula is C20H27FN2O3. The minimum Gasteiger partial charge on any atom is -0.396 e. The number of carbonyl (C=O) groups is 2. The van der Waals surface area contributed by atoms with E-state index < -0.39 is 12.0 Å². The van der Waals surface area contributed by atoms with Crippen molar-refractivity contribution in [1.82, 2.24) is 10.2 Å². The van der Waals surface area contributed by atoms with Crippen molar-refractivity contribution in [2.24, 2.45) is 11.3 Å². The van der Waals surface area contributed by atoms with Crippen LogP contribution in [0.15, 0.2) is 24.3 Å². The Bertz CT molecular complexity index is 673. The average molecular weight is 362 g/mol. The predicted molar refractivity (Wildman–Crippen MR) is 95.6 cm³/mol. The summed E-state index contributed by atoms with van der Waals surface area (Å²) in [6.45, 7) is 0.524. The van der Waals surface area contributed by atoms with Gasteiger partial charge in [0.25, 0.3) is 0 Å². The number of hydrogen-bond acceptors (Lipinski definition) is 3. The molecule has 0 aromatic heterocycles. The highest BCUT2D eigenvalue weighted by Gasteiger charge is 2.40. The van der Waals surface area contributed by atoms with E-state index in [0.29, 0.717) is 24.9 Å². The van der Waals surface area contributed by atoms with E-state index in [0.717, 1.165) is 25.7 Å². The fraction of sp³-hybridized carbons (Fsp3) is 0.600. The normalized spacial score (nSPS) is 25.3. The van der Waals surface area contributed by atoms with Crippen molar-refractivity contribution in [1.29, 1.82) is 0 Å². The van der Waals surface area contributed by atoms with Gasteiger partial charge in [-0.2, -0.15) is 0 Å². The maximum Gasteiger partial charge on any atom is 0.225 e. The summed E-state index contributed by atoms with van der Waals surface area (Å²) in [4.78, 5) is 26.6. The number of aliphatic hydroxyl groups is 1. The molecular weight excluding hydrogens is 335 g/mol. The molecule has 6 heteroatoms. The molecule has 26 heavy (non-hydrogen) atoms. The zero-order chi connectivity index (χ0) is 18.7. The van der Waals surface area contributed by atoms with Gasteiger partial charge in [0.05, 0.1) is 18.6 Å². The zero-order valence-electron chi connectivity index (χ0n) is 15.2. The van der Waals surface area contributed by atoms with E-state index in [9.17, 15) is 19.1 Å². The molecule has 0 radical (unpaired) electrons. The smallest absolute Gasteiger partial charge is 0.225 e. The first kappa shape index (κ1) is 18.8. The fourth-order valence-corrected chi connectivity index (χ4v) is 4.38. The Morgan fingerprint density at radius 3 is 2.77 bits per heavy atom. The van der Waals surface area contributed by atoms with E-state index in [4.69, 9.17) is 0 Å². The number of nitrogens with zero attached hydrogens (tertiary/aromatic N) is 1. The van der Waals surface area contributed by atoms with E-state index >= 15 is 0 Å². The first-order valence-corrected chi connectivity index (χ1v) is 9.35. The molecule has 3 rings (SSSR count). The number of rotatable bonds is 5. The number of amides is 2. The van der Waals surface area contributed by atoms with Crippen molar-refractivity contribution in [3.05, 3.63) is 35.6 Å². The Morgan fingerprint density at radius 2 is 2.12 bits per heavy atom. The molecule has 2 atom stereocenters. The van der Waals surface area contributed by atoms with Crippen LogP contribution < -0.4 is 5.32 Å². The van der Waals surface area contributed by atoms with E-state index in [1.165, 1.54) is 12.1 Å². The molecule has 2 aliphatic rings. The van der Waals surface area contributed by atoms with E-state index in [1.54, 1.807) is 24.1 Å². The summed E-state index contributed by atoms with van der Waals surface area (Å²) in [6.07, 6.45) is 4.74. The molecule has 1 aromatic rings. The van der Waals surface area contributed by atoms with E-state index in [-0.39, 0.29) is 29.7 Å². The van der Waals surface area contributed by atoms with Crippen LogP contribution in [0.5, 0.6) is 0 Å². The first-order chi connectivity index (χ1) is 12.5. The summed E-state index contributed by atoms with van der Waals surface area (Å²) in [5, 5.41) is 12.7. The van der Waals surface area contributed by atoms with Gasteiger partial charge in [0.15, 0.2) is 0 Å². The lowest BCUT2D eigenvalue weighted by Crippen LogP contribution is -2.48. The molecule has 1 aromatic carbocycles. The van der Waals surface area contributed by atoms with Gasteiger partial charge in [-0.15, -0.1) is 0 Å². The Labute approximate surface area is 153 Å². The maximum absolute atomic E-state index is 13.7. The third-order valence-corrected chi connectivity index (χ3v) is 6.03.